The van der Waals surface area contributed by atoms with Crippen LogP contribution in [0.15, 0.2) is 48.5 Å². The van der Waals surface area contributed by atoms with Gasteiger partial charge in [0.05, 0.1) is 11.9 Å². The number of carbonyl (C=O) groups excluding carboxylic acids is 2. The fourth-order valence-electron chi connectivity index (χ4n) is 2.93. The third-order valence-electron chi connectivity index (χ3n) is 4.69. The van der Waals surface area contributed by atoms with E-state index in [1.165, 1.54) is 30.1 Å². The molecule has 0 fully saturated rings. The Labute approximate surface area is 176 Å². The standard InChI is InChI=1S/C21H26FN3O4S/c1-15-9-11-17(12-10-15)13-24(16(2)21(27)23-3)20(26)14-25(30(4,28)29)19-8-6-5-7-18(19)22/h5-12,16H,13-14H2,1-4H3,(H,23,27)/t16-/m0/s1. The van der Waals surface area contributed by atoms with Crippen molar-refractivity contribution in [2.75, 3.05) is 24.2 Å². The van der Waals surface area contributed by atoms with Gasteiger partial charge >= 0.3 is 0 Å². The first-order valence-electron chi connectivity index (χ1n) is 9.33. The van der Waals surface area contributed by atoms with E-state index in [0.29, 0.717) is 4.31 Å². The van der Waals surface area contributed by atoms with Crippen LogP contribution in [0.2, 0.25) is 0 Å². The van der Waals surface area contributed by atoms with Crippen molar-refractivity contribution in [2.24, 2.45) is 0 Å². The van der Waals surface area contributed by atoms with Crippen LogP contribution >= 0.6 is 0 Å². The highest BCUT2D eigenvalue weighted by Crippen LogP contribution is 2.22. The predicted molar refractivity (Wildman–Crippen MR) is 114 cm³/mol. The van der Waals surface area contributed by atoms with Crippen molar-refractivity contribution in [1.29, 1.82) is 0 Å². The number of carbonyl (C=O) groups is 2. The van der Waals surface area contributed by atoms with Gasteiger partial charge in [-0.25, -0.2) is 12.8 Å². The number of hydrogen-bond donors (Lipinski definition) is 1. The van der Waals surface area contributed by atoms with Crippen molar-refractivity contribution in [1.82, 2.24) is 10.2 Å². The lowest BCUT2D eigenvalue weighted by atomic mass is 10.1. The Balaban J connectivity index is 2.38. The molecule has 2 aromatic carbocycles. The average molecular weight is 436 g/mol. The number of nitrogens with zero attached hydrogens (tertiary/aromatic N) is 2. The molecule has 0 saturated heterocycles. The summed E-state index contributed by atoms with van der Waals surface area (Å²) in [6, 6.07) is 11.9. The van der Waals surface area contributed by atoms with Gasteiger partial charge < -0.3 is 10.2 Å². The van der Waals surface area contributed by atoms with Crippen LogP contribution in [0.25, 0.3) is 0 Å². The maximum Gasteiger partial charge on any atom is 0.244 e. The summed E-state index contributed by atoms with van der Waals surface area (Å²) in [5, 5.41) is 2.49. The molecule has 0 aliphatic rings. The first-order valence-corrected chi connectivity index (χ1v) is 11.2. The molecular formula is C21H26FN3O4S. The third-order valence-corrected chi connectivity index (χ3v) is 5.81. The van der Waals surface area contributed by atoms with Crippen LogP contribution in [0.5, 0.6) is 0 Å². The van der Waals surface area contributed by atoms with Gasteiger partial charge in [-0.05, 0) is 31.5 Å². The van der Waals surface area contributed by atoms with Crippen molar-refractivity contribution >= 4 is 27.5 Å². The van der Waals surface area contributed by atoms with Crippen molar-refractivity contribution in [2.45, 2.75) is 26.4 Å². The summed E-state index contributed by atoms with van der Waals surface area (Å²) in [6.07, 6.45) is 0.902. The highest BCUT2D eigenvalue weighted by molar-refractivity contribution is 7.92. The zero-order valence-corrected chi connectivity index (χ0v) is 18.2. The number of nitrogens with one attached hydrogen (secondary N) is 1. The topological polar surface area (TPSA) is 86.8 Å². The molecule has 0 bridgehead atoms. The molecule has 0 unspecified atom stereocenters. The zero-order valence-electron chi connectivity index (χ0n) is 17.4. The normalized spacial score (nSPS) is 12.2. The fourth-order valence-corrected chi connectivity index (χ4v) is 3.78. The number of halogens is 1. The Morgan fingerprint density at radius 2 is 1.70 bits per heavy atom. The Hall–Kier alpha value is -2.94. The monoisotopic (exact) mass is 435 g/mol. The fraction of sp³-hybridized carbons (Fsp3) is 0.333. The van der Waals surface area contributed by atoms with E-state index in [0.717, 1.165) is 23.4 Å². The maximum atomic E-state index is 14.3. The number of anilines is 1. The van der Waals surface area contributed by atoms with Crippen molar-refractivity contribution in [3.8, 4) is 0 Å². The Morgan fingerprint density at radius 3 is 2.23 bits per heavy atom. The number of hydrogen-bond acceptors (Lipinski definition) is 4. The Kier molecular flexibility index (Phi) is 7.55. The molecule has 0 aromatic heterocycles. The number of likely N-dealkylation sites (N-methyl/N-ethyl adjacent to an activating group) is 1. The first kappa shape index (κ1) is 23.3. The molecule has 0 spiro atoms. The van der Waals surface area contributed by atoms with Gasteiger partial charge in [0.15, 0.2) is 0 Å². The SMILES string of the molecule is CNC(=O)[C@H](C)N(Cc1ccc(C)cc1)C(=O)CN(c1ccccc1F)S(C)(=O)=O. The largest absolute Gasteiger partial charge is 0.357 e. The quantitative estimate of drug-likeness (QED) is 0.688. The minimum absolute atomic E-state index is 0.0998. The molecule has 2 aromatic rings. The predicted octanol–water partition coefficient (Wildman–Crippen LogP) is 2.06. The van der Waals surface area contributed by atoms with Crippen LogP contribution < -0.4 is 9.62 Å². The second kappa shape index (κ2) is 9.71. The van der Waals surface area contributed by atoms with E-state index in [-0.39, 0.29) is 12.2 Å². The molecule has 2 amide bonds. The third kappa shape index (κ3) is 5.79. The van der Waals surface area contributed by atoms with Crippen LogP contribution in [0.3, 0.4) is 0 Å². The summed E-state index contributed by atoms with van der Waals surface area (Å²) in [5.74, 6) is -1.78. The van der Waals surface area contributed by atoms with Gasteiger partial charge in [-0.3, -0.25) is 13.9 Å². The Bertz CT molecular complexity index is 1010. The second-order valence-electron chi connectivity index (χ2n) is 7.02. The summed E-state index contributed by atoms with van der Waals surface area (Å²) in [4.78, 5) is 26.6. The van der Waals surface area contributed by atoms with Crippen LogP contribution in [-0.4, -0.2) is 51.0 Å². The second-order valence-corrected chi connectivity index (χ2v) is 8.93. The molecule has 0 aliphatic carbocycles. The molecule has 1 N–H and O–H groups in total. The van der Waals surface area contributed by atoms with Crippen molar-refractivity contribution in [3.63, 3.8) is 0 Å². The summed E-state index contributed by atoms with van der Waals surface area (Å²) in [6.45, 7) is 2.95. The highest BCUT2D eigenvalue weighted by atomic mass is 32.2. The minimum atomic E-state index is -3.95. The van der Waals surface area contributed by atoms with E-state index in [1.807, 2.05) is 31.2 Å². The molecule has 162 valence electrons. The van der Waals surface area contributed by atoms with Crippen LogP contribution in [-0.2, 0) is 26.2 Å². The number of benzene rings is 2. The number of sulfonamides is 1. The molecule has 0 aliphatic heterocycles. The minimum Gasteiger partial charge on any atom is -0.357 e. The molecule has 1 atom stereocenters. The van der Waals surface area contributed by atoms with E-state index in [1.54, 1.807) is 6.92 Å². The van der Waals surface area contributed by atoms with Crippen molar-refractivity contribution in [3.05, 3.63) is 65.5 Å². The summed E-state index contributed by atoms with van der Waals surface area (Å²) in [5.41, 5.74) is 1.59. The lowest BCUT2D eigenvalue weighted by Crippen LogP contribution is -2.50. The van der Waals surface area contributed by atoms with Crippen LogP contribution in [0.1, 0.15) is 18.1 Å². The summed E-state index contributed by atoms with van der Waals surface area (Å²) >= 11 is 0. The molecule has 30 heavy (non-hydrogen) atoms. The highest BCUT2D eigenvalue weighted by Gasteiger charge is 2.30. The molecule has 0 radical (unpaired) electrons. The van der Waals surface area contributed by atoms with Gasteiger partial charge in [-0.15, -0.1) is 0 Å². The van der Waals surface area contributed by atoms with Gasteiger partial charge in [0.25, 0.3) is 0 Å². The van der Waals surface area contributed by atoms with E-state index in [2.05, 4.69) is 5.32 Å². The van der Waals surface area contributed by atoms with E-state index >= 15 is 0 Å². The van der Waals surface area contributed by atoms with E-state index in [9.17, 15) is 22.4 Å². The van der Waals surface area contributed by atoms with Gasteiger partial charge in [-0.2, -0.15) is 0 Å². The average Bonchev–Trinajstić information content (AvgIpc) is 2.70. The smallest absolute Gasteiger partial charge is 0.244 e. The molecule has 7 nitrogen and oxygen atoms in total. The van der Waals surface area contributed by atoms with Crippen LogP contribution in [0, 0.1) is 12.7 Å². The van der Waals surface area contributed by atoms with Gasteiger partial charge in [0, 0.05) is 13.6 Å². The van der Waals surface area contributed by atoms with E-state index < -0.39 is 40.2 Å². The van der Waals surface area contributed by atoms with E-state index in [4.69, 9.17) is 0 Å². The van der Waals surface area contributed by atoms with Gasteiger partial charge in [0.1, 0.15) is 18.4 Å². The number of para-hydroxylation sites is 1. The molecule has 0 saturated carbocycles. The zero-order chi connectivity index (χ0) is 22.5. The Morgan fingerprint density at radius 1 is 1.10 bits per heavy atom. The molecule has 0 heterocycles. The number of rotatable bonds is 8. The summed E-state index contributed by atoms with van der Waals surface area (Å²) < 4.78 is 39.6. The number of amides is 2. The lowest BCUT2D eigenvalue weighted by molar-refractivity contribution is -0.139. The van der Waals surface area contributed by atoms with Crippen LogP contribution in [0.4, 0.5) is 10.1 Å². The summed E-state index contributed by atoms with van der Waals surface area (Å²) in [7, 11) is -2.50. The lowest BCUT2D eigenvalue weighted by Gasteiger charge is -2.31. The van der Waals surface area contributed by atoms with Gasteiger partial charge in [-0.1, -0.05) is 42.0 Å². The molecule has 2 rings (SSSR count). The first-order chi connectivity index (χ1) is 14.0. The molecule has 9 heteroatoms. The maximum absolute atomic E-state index is 14.3. The molecular weight excluding hydrogens is 409 g/mol. The number of aryl methyl sites for hydroxylation is 1. The van der Waals surface area contributed by atoms with Crippen molar-refractivity contribution < 1.29 is 22.4 Å². The van der Waals surface area contributed by atoms with Gasteiger partial charge in [0.2, 0.25) is 21.8 Å².